The molecular weight excluding hydrogens is 176 g/mol. The highest BCUT2D eigenvalue weighted by atomic mass is 16.5. The summed E-state index contributed by atoms with van der Waals surface area (Å²) in [5.74, 6) is 0.492. The van der Waals surface area contributed by atoms with Crippen molar-refractivity contribution in [3.63, 3.8) is 0 Å². The fraction of sp³-hybridized carbons (Fsp3) is 0.818. The molecule has 1 unspecified atom stereocenters. The molecule has 0 heterocycles. The normalized spacial score (nSPS) is 12.6. The van der Waals surface area contributed by atoms with Gasteiger partial charge in [-0.2, -0.15) is 10.5 Å². The summed E-state index contributed by atoms with van der Waals surface area (Å²) in [6.45, 7) is 6.80. The van der Waals surface area contributed by atoms with Gasteiger partial charge in [-0.3, -0.25) is 0 Å². The van der Waals surface area contributed by atoms with E-state index >= 15 is 0 Å². The molecule has 0 saturated heterocycles. The number of hydrogen-bond acceptors (Lipinski definition) is 3. The molecular formula is C11H18N2O. The van der Waals surface area contributed by atoms with Crippen LogP contribution in [-0.4, -0.2) is 6.61 Å². The summed E-state index contributed by atoms with van der Waals surface area (Å²) in [5.41, 5.74) is 0.0702. The van der Waals surface area contributed by atoms with Crippen molar-refractivity contribution < 1.29 is 4.74 Å². The number of nitrogens with zero attached hydrogens (tertiary/aromatic N) is 2. The number of hydrogen-bond donors (Lipinski definition) is 0. The summed E-state index contributed by atoms with van der Waals surface area (Å²) in [5, 5.41) is 16.8. The Balaban J connectivity index is 3.77. The number of ether oxygens (including phenoxy) is 1. The van der Waals surface area contributed by atoms with Gasteiger partial charge in [-0.15, -0.1) is 0 Å². The zero-order valence-corrected chi connectivity index (χ0v) is 9.21. The molecule has 0 aromatic rings. The molecule has 0 fully saturated rings. The van der Waals surface area contributed by atoms with Crippen LogP contribution in [0.4, 0.5) is 0 Å². The lowest BCUT2D eigenvalue weighted by Crippen LogP contribution is -2.15. The first kappa shape index (κ1) is 12.8. The van der Waals surface area contributed by atoms with E-state index in [2.05, 4.69) is 31.6 Å². The number of nitriles is 2. The maximum Gasteiger partial charge on any atom is 0.286 e. The predicted octanol–water partition coefficient (Wildman–Crippen LogP) is 2.84. The lowest BCUT2D eigenvalue weighted by atomic mass is 9.80. The SMILES string of the molecule is CC(CCOC#N)CC(C)(C)CC#N. The van der Waals surface area contributed by atoms with E-state index in [1.165, 1.54) is 0 Å². The average molecular weight is 194 g/mol. The Labute approximate surface area is 86.3 Å². The van der Waals surface area contributed by atoms with Crippen molar-refractivity contribution in [1.82, 2.24) is 0 Å². The van der Waals surface area contributed by atoms with Gasteiger partial charge < -0.3 is 4.74 Å². The second-order valence-electron chi connectivity index (χ2n) is 4.54. The fourth-order valence-corrected chi connectivity index (χ4v) is 1.64. The van der Waals surface area contributed by atoms with Crippen LogP contribution in [0, 0.1) is 34.2 Å². The van der Waals surface area contributed by atoms with Gasteiger partial charge in [0.15, 0.2) is 0 Å². The third-order valence-electron chi connectivity index (χ3n) is 2.24. The summed E-state index contributed by atoms with van der Waals surface area (Å²) in [4.78, 5) is 0. The topological polar surface area (TPSA) is 56.8 Å². The van der Waals surface area contributed by atoms with E-state index in [1.54, 1.807) is 6.26 Å². The summed E-state index contributed by atoms with van der Waals surface area (Å²) in [7, 11) is 0. The standard InChI is InChI=1S/C11H18N2O/c1-10(4-7-14-9-13)8-11(2,3)5-6-12/h10H,4-5,7-8H2,1-3H3. The maximum atomic E-state index is 8.61. The molecule has 0 aliphatic carbocycles. The minimum Gasteiger partial charge on any atom is -0.428 e. The third kappa shape index (κ3) is 6.31. The second-order valence-corrected chi connectivity index (χ2v) is 4.54. The Morgan fingerprint density at radius 1 is 1.36 bits per heavy atom. The highest BCUT2D eigenvalue weighted by Gasteiger charge is 2.20. The van der Waals surface area contributed by atoms with Crippen molar-refractivity contribution in [3.8, 4) is 12.3 Å². The van der Waals surface area contributed by atoms with Crippen LogP contribution in [0.2, 0.25) is 0 Å². The van der Waals surface area contributed by atoms with Crippen molar-refractivity contribution in [1.29, 1.82) is 10.5 Å². The van der Waals surface area contributed by atoms with Gasteiger partial charge in [-0.25, -0.2) is 0 Å². The molecule has 1 atom stereocenters. The summed E-state index contributed by atoms with van der Waals surface area (Å²) < 4.78 is 4.62. The van der Waals surface area contributed by atoms with Crippen molar-refractivity contribution in [2.24, 2.45) is 11.3 Å². The molecule has 0 aliphatic rings. The molecule has 3 heteroatoms. The van der Waals surface area contributed by atoms with Gasteiger partial charge in [-0.1, -0.05) is 20.8 Å². The fourth-order valence-electron chi connectivity index (χ4n) is 1.64. The van der Waals surface area contributed by atoms with Gasteiger partial charge in [-0.05, 0) is 24.2 Å². The third-order valence-corrected chi connectivity index (χ3v) is 2.24. The molecule has 0 bridgehead atoms. The molecule has 0 amide bonds. The minimum atomic E-state index is 0.0702. The van der Waals surface area contributed by atoms with Crippen LogP contribution in [0.25, 0.3) is 0 Å². The minimum absolute atomic E-state index is 0.0702. The highest BCUT2D eigenvalue weighted by molar-refractivity contribution is 4.83. The zero-order valence-electron chi connectivity index (χ0n) is 9.21. The van der Waals surface area contributed by atoms with Crippen LogP contribution in [0.5, 0.6) is 0 Å². The number of rotatable bonds is 6. The Hall–Kier alpha value is -1.22. The first-order valence-corrected chi connectivity index (χ1v) is 4.89. The van der Waals surface area contributed by atoms with Gasteiger partial charge >= 0.3 is 0 Å². The van der Waals surface area contributed by atoms with Gasteiger partial charge in [0.1, 0.15) is 6.61 Å². The van der Waals surface area contributed by atoms with E-state index in [4.69, 9.17) is 10.5 Å². The zero-order chi connectivity index (χ0) is 11.0. The van der Waals surface area contributed by atoms with Crippen molar-refractivity contribution >= 4 is 0 Å². The van der Waals surface area contributed by atoms with E-state index in [0.29, 0.717) is 18.9 Å². The van der Waals surface area contributed by atoms with E-state index in [-0.39, 0.29) is 5.41 Å². The van der Waals surface area contributed by atoms with Crippen LogP contribution in [0.1, 0.15) is 40.0 Å². The molecule has 0 rings (SSSR count). The molecule has 3 nitrogen and oxygen atoms in total. The lowest BCUT2D eigenvalue weighted by Gasteiger charge is -2.24. The average Bonchev–Trinajstić information content (AvgIpc) is 2.03. The van der Waals surface area contributed by atoms with Gasteiger partial charge in [0.25, 0.3) is 6.26 Å². The van der Waals surface area contributed by atoms with Crippen LogP contribution in [0.3, 0.4) is 0 Å². The predicted molar refractivity (Wildman–Crippen MR) is 54.0 cm³/mol. The van der Waals surface area contributed by atoms with Gasteiger partial charge in [0.2, 0.25) is 0 Å². The van der Waals surface area contributed by atoms with Crippen molar-refractivity contribution in [2.45, 2.75) is 40.0 Å². The van der Waals surface area contributed by atoms with Crippen LogP contribution < -0.4 is 0 Å². The molecule has 0 N–H and O–H groups in total. The first-order chi connectivity index (χ1) is 6.52. The Morgan fingerprint density at radius 2 is 2.00 bits per heavy atom. The van der Waals surface area contributed by atoms with Crippen LogP contribution in [-0.2, 0) is 4.74 Å². The lowest BCUT2D eigenvalue weighted by molar-refractivity contribution is 0.209. The van der Waals surface area contributed by atoms with E-state index in [0.717, 1.165) is 12.8 Å². The molecule has 0 saturated carbocycles. The summed E-state index contributed by atoms with van der Waals surface area (Å²) in [6.07, 6.45) is 4.11. The largest absolute Gasteiger partial charge is 0.428 e. The van der Waals surface area contributed by atoms with Crippen molar-refractivity contribution in [2.75, 3.05) is 6.61 Å². The summed E-state index contributed by atoms with van der Waals surface area (Å²) in [6, 6.07) is 2.20. The van der Waals surface area contributed by atoms with Crippen molar-refractivity contribution in [3.05, 3.63) is 0 Å². The maximum absolute atomic E-state index is 8.61. The van der Waals surface area contributed by atoms with Crippen LogP contribution >= 0.6 is 0 Å². The van der Waals surface area contributed by atoms with Gasteiger partial charge in [0.05, 0.1) is 6.07 Å². The molecule has 0 aromatic carbocycles. The summed E-state index contributed by atoms with van der Waals surface area (Å²) >= 11 is 0. The van der Waals surface area contributed by atoms with E-state index in [9.17, 15) is 0 Å². The van der Waals surface area contributed by atoms with Crippen LogP contribution in [0.15, 0.2) is 0 Å². The van der Waals surface area contributed by atoms with Gasteiger partial charge in [0, 0.05) is 6.42 Å². The Morgan fingerprint density at radius 3 is 2.50 bits per heavy atom. The Bertz CT molecular complexity index is 235. The van der Waals surface area contributed by atoms with E-state index in [1.807, 2.05) is 0 Å². The monoisotopic (exact) mass is 194 g/mol. The second kappa shape index (κ2) is 6.27. The highest BCUT2D eigenvalue weighted by Crippen LogP contribution is 2.29. The first-order valence-electron chi connectivity index (χ1n) is 4.89. The molecule has 14 heavy (non-hydrogen) atoms. The molecule has 0 aromatic heterocycles. The Kier molecular flexibility index (Phi) is 5.72. The molecule has 0 spiro atoms. The van der Waals surface area contributed by atoms with E-state index < -0.39 is 0 Å². The quantitative estimate of drug-likeness (QED) is 0.482. The molecule has 78 valence electrons. The molecule has 0 radical (unpaired) electrons. The smallest absolute Gasteiger partial charge is 0.286 e. The molecule has 0 aliphatic heterocycles.